The van der Waals surface area contributed by atoms with Gasteiger partial charge in [-0.15, -0.1) is 0 Å². The van der Waals surface area contributed by atoms with Crippen LogP contribution in [0.1, 0.15) is 5.89 Å². The number of nitrogens with zero attached hydrogens (tertiary/aromatic N) is 4. The summed E-state index contributed by atoms with van der Waals surface area (Å²) in [6.07, 6.45) is -0.581. The van der Waals surface area contributed by atoms with Crippen LogP contribution in [-0.2, 0) is 16.1 Å². The van der Waals surface area contributed by atoms with Crippen molar-refractivity contribution >= 4 is 22.9 Å². The fourth-order valence-corrected chi connectivity index (χ4v) is 4.20. The molecule has 0 radical (unpaired) electrons. The van der Waals surface area contributed by atoms with Crippen LogP contribution in [0.15, 0.2) is 45.6 Å². The molecule has 0 N–H and O–H groups in total. The highest BCUT2D eigenvalue weighted by Crippen LogP contribution is 2.34. The number of rotatable bonds is 4. The summed E-state index contributed by atoms with van der Waals surface area (Å²) in [5, 5.41) is 8.04. The van der Waals surface area contributed by atoms with Crippen LogP contribution in [0.25, 0.3) is 11.4 Å². The average molecular weight is 412 g/mol. The molecule has 0 aliphatic carbocycles. The summed E-state index contributed by atoms with van der Waals surface area (Å²) in [5.41, 5.74) is 1.85. The highest BCUT2D eigenvalue weighted by molar-refractivity contribution is 7.08. The molecule has 4 heterocycles. The predicted molar refractivity (Wildman–Crippen MR) is 107 cm³/mol. The molecule has 1 fully saturated rings. The molecule has 1 atom stereocenters. The molecule has 0 unspecified atom stereocenters. The summed E-state index contributed by atoms with van der Waals surface area (Å²) in [7, 11) is 0. The first kappa shape index (κ1) is 18.1. The van der Waals surface area contributed by atoms with Gasteiger partial charge < -0.3 is 23.8 Å². The second kappa shape index (κ2) is 7.84. The monoisotopic (exact) mass is 412 g/mol. The quantitative estimate of drug-likeness (QED) is 0.651. The largest absolute Gasteiger partial charge is 0.477 e. The number of fused-ring (bicyclic) bond motifs is 1. The van der Waals surface area contributed by atoms with Crippen molar-refractivity contribution in [3.63, 3.8) is 0 Å². The van der Waals surface area contributed by atoms with Gasteiger partial charge in [0.25, 0.3) is 5.91 Å². The van der Waals surface area contributed by atoms with E-state index in [4.69, 9.17) is 14.0 Å². The predicted octanol–water partition coefficient (Wildman–Crippen LogP) is 2.42. The van der Waals surface area contributed by atoms with Crippen LogP contribution in [0, 0.1) is 0 Å². The van der Waals surface area contributed by atoms with E-state index in [-0.39, 0.29) is 5.91 Å². The van der Waals surface area contributed by atoms with Crippen molar-refractivity contribution in [2.24, 2.45) is 0 Å². The lowest BCUT2D eigenvalue weighted by molar-refractivity contribution is -0.142. The van der Waals surface area contributed by atoms with Crippen molar-refractivity contribution in [3.05, 3.63) is 47.0 Å². The zero-order valence-electron chi connectivity index (χ0n) is 15.7. The van der Waals surface area contributed by atoms with Gasteiger partial charge in [0, 0.05) is 24.0 Å². The van der Waals surface area contributed by atoms with E-state index in [0.29, 0.717) is 56.9 Å². The molecule has 9 heteroatoms. The molecule has 0 saturated carbocycles. The van der Waals surface area contributed by atoms with Gasteiger partial charge in [-0.25, -0.2) is 0 Å². The third-order valence-electron chi connectivity index (χ3n) is 5.03. The lowest BCUT2D eigenvalue weighted by Crippen LogP contribution is -2.52. The van der Waals surface area contributed by atoms with E-state index in [0.717, 1.165) is 11.3 Å². The van der Waals surface area contributed by atoms with E-state index >= 15 is 0 Å². The average Bonchev–Trinajstić information content (AvgIpc) is 3.46. The molecule has 8 nitrogen and oxygen atoms in total. The minimum absolute atomic E-state index is 0.0164. The zero-order valence-corrected chi connectivity index (χ0v) is 16.5. The number of ether oxygens (including phenoxy) is 2. The van der Waals surface area contributed by atoms with Gasteiger partial charge in [0.1, 0.15) is 5.75 Å². The van der Waals surface area contributed by atoms with Crippen molar-refractivity contribution < 1.29 is 18.8 Å². The molecule has 29 heavy (non-hydrogen) atoms. The van der Waals surface area contributed by atoms with Crippen molar-refractivity contribution in [3.8, 4) is 17.1 Å². The fourth-order valence-electron chi connectivity index (χ4n) is 3.56. The van der Waals surface area contributed by atoms with Crippen LogP contribution in [0.3, 0.4) is 0 Å². The van der Waals surface area contributed by atoms with Crippen LogP contribution in [0.5, 0.6) is 5.75 Å². The number of carbonyl (C=O) groups excluding carboxylic acids is 1. The molecule has 1 aromatic carbocycles. The Labute approximate surface area is 171 Å². The molecule has 5 rings (SSSR count). The SMILES string of the molecule is O=C([C@H]1CN(Cc2nc(-c3ccsc3)no2)c2ccccc2O1)N1CCOCC1. The molecule has 3 aromatic rings. The van der Waals surface area contributed by atoms with Gasteiger partial charge in [-0.3, -0.25) is 4.79 Å². The number of hydrogen-bond donors (Lipinski definition) is 0. The molecule has 150 valence electrons. The summed E-state index contributed by atoms with van der Waals surface area (Å²) < 4.78 is 16.9. The zero-order chi connectivity index (χ0) is 19.6. The standard InChI is InChI=1S/C20H20N4O4S/c25-20(23-6-8-26-9-7-23)17-11-24(15-3-1-2-4-16(15)27-17)12-18-21-19(22-28-18)14-5-10-29-13-14/h1-5,10,13,17H,6-9,11-12H2/t17-/m1/s1. The van der Waals surface area contributed by atoms with E-state index in [2.05, 4.69) is 15.0 Å². The Morgan fingerprint density at radius 3 is 2.90 bits per heavy atom. The molecule has 1 saturated heterocycles. The minimum atomic E-state index is -0.581. The van der Waals surface area contributed by atoms with Gasteiger partial charge in [0.05, 0.1) is 32.0 Å². The third-order valence-corrected chi connectivity index (χ3v) is 5.72. The highest BCUT2D eigenvalue weighted by Gasteiger charge is 2.34. The maximum Gasteiger partial charge on any atom is 0.265 e. The maximum absolute atomic E-state index is 13.0. The third kappa shape index (κ3) is 3.70. The normalized spacial score (nSPS) is 19.0. The van der Waals surface area contributed by atoms with Gasteiger partial charge in [-0.1, -0.05) is 17.3 Å². The minimum Gasteiger partial charge on any atom is -0.477 e. The summed E-state index contributed by atoms with van der Waals surface area (Å²) in [4.78, 5) is 21.4. The second-order valence-corrected chi connectivity index (χ2v) is 7.70. The Balaban J connectivity index is 1.37. The van der Waals surface area contributed by atoms with E-state index in [9.17, 15) is 4.79 Å². The number of amides is 1. The van der Waals surface area contributed by atoms with Gasteiger partial charge in [0.15, 0.2) is 6.10 Å². The Kier molecular flexibility index (Phi) is 4.91. The van der Waals surface area contributed by atoms with Crippen LogP contribution in [0.2, 0.25) is 0 Å². The first-order chi connectivity index (χ1) is 14.3. The van der Waals surface area contributed by atoms with Crippen LogP contribution >= 0.6 is 11.3 Å². The molecule has 1 amide bonds. The Morgan fingerprint density at radius 1 is 1.21 bits per heavy atom. The van der Waals surface area contributed by atoms with E-state index < -0.39 is 6.10 Å². The van der Waals surface area contributed by atoms with Crippen molar-refractivity contribution in [1.29, 1.82) is 0 Å². The van der Waals surface area contributed by atoms with Crippen molar-refractivity contribution in [1.82, 2.24) is 15.0 Å². The molecular formula is C20H20N4O4S. The van der Waals surface area contributed by atoms with Gasteiger partial charge in [0.2, 0.25) is 11.7 Å². The van der Waals surface area contributed by atoms with Gasteiger partial charge in [-0.05, 0) is 23.6 Å². The number of hydrogen-bond acceptors (Lipinski definition) is 8. The number of benzene rings is 1. The van der Waals surface area contributed by atoms with Crippen molar-refractivity contribution in [2.75, 3.05) is 37.7 Å². The molecular weight excluding hydrogens is 392 g/mol. The number of carbonyl (C=O) groups is 1. The lowest BCUT2D eigenvalue weighted by atomic mass is 10.1. The Morgan fingerprint density at radius 2 is 2.07 bits per heavy atom. The summed E-state index contributed by atoms with van der Waals surface area (Å²) in [6.45, 7) is 3.13. The highest BCUT2D eigenvalue weighted by atomic mass is 32.1. The molecule has 2 aliphatic heterocycles. The molecule has 0 spiro atoms. The van der Waals surface area contributed by atoms with Crippen molar-refractivity contribution in [2.45, 2.75) is 12.6 Å². The molecule has 0 bridgehead atoms. The summed E-state index contributed by atoms with van der Waals surface area (Å²) in [6, 6.07) is 9.66. The van der Waals surface area contributed by atoms with E-state index in [1.54, 1.807) is 11.3 Å². The fraction of sp³-hybridized carbons (Fsp3) is 0.350. The second-order valence-electron chi connectivity index (χ2n) is 6.92. The Hall–Kier alpha value is -2.91. The molecule has 2 aromatic heterocycles. The maximum atomic E-state index is 13.0. The number of para-hydroxylation sites is 2. The van der Waals surface area contributed by atoms with Crippen LogP contribution in [0.4, 0.5) is 5.69 Å². The number of aromatic nitrogens is 2. The molecule has 2 aliphatic rings. The van der Waals surface area contributed by atoms with E-state index in [1.807, 2.05) is 46.0 Å². The van der Waals surface area contributed by atoms with Gasteiger partial charge in [-0.2, -0.15) is 16.3 Å². The number of morpholine rings is 1. The number of anilines is 1. The van der Waals surface area contributed by atoms with E-state index in [1.165, 1.54) is 0 Å². The Bertz CT molecular complexity index is 984. The lowest BCUT2D eigenvalue weighted by Gasteiger charge is -2.37. The smallest absolute Gasteiger partial charge is 0.265 e. The number of thiophene rings is 1. The topological polar surface area (TPSA) is 80.9 Å². The van der Waals surface area contributed by atoms with Crippen LogP contribution in [-0.4, -0.2) is 59.9 Å². The first-order valence-electron chi connectivity index (χ1n) is 9.50. The van der Waals surface area contributed by atoms with Crippen LogP contribution < -0.4 is 9.64 Å². The summed E-state index contributed by atoms with van der Waals surface area (Å²) in [5.74, 6) is 1.74. The first-order valence-corrected chi connectivity index (χ1v) is 10.4. The summed E-state index contributed by atoms with van der Waals surface area (Å²) >= 11 is 1.59. The van der Waals surface area contributed by atoms with Gasteiger partial charge >= 0.3 is 0 Å².